The van der Waals surface area contributed by atoms with Crippen molar-refractivity contribution in [3.63, 3.8) is 0 Å². The molecule has 2 aromatic carbocycles. The maximum atomic E-state index is 12.5. The molecule has 0 aliphatic heterocycles. The number of fused-ring (bicyclic) bond motifs is 1. The first-order chi connectivity index (χ1) is 16.0. The minimum absolute atomic E-state index is 0.00605. The van der Waals surface area contributed by atoms with Crippen LogP contribution >= 0.6 is 0 Å². The van der Waals surface area contributed by atoms with Crippen LogP contribution in [0.2, 0.25) is 0 Å². The number of nitrogen functional groups attached to an aromatic ring is 1. The third-order valence-electron chi connectivity index (χ3n) is 5.38. The Hall–Kier alpha value is -4.20. The molecule has 2 aromatic heterocycles. The molecular formula is C25H24N4O4. The van der Waals surface area contributed by atoms with E-state index in [-0.39, 0.29) is 24.6 Å². The van der Waals surface area contributed by atoms with Crippen molar-refractivity contribution < 1.29 is 19.4 Å². The number of aromatic nitrogens is 3. The average molecular weight is 444 g/mol. The molecule has 4 rings (SSSR count). The molecule has 0 bridgehead atoms. The van der Waals surface area contributed by atoms with Crippen LogP contribution in [0.5, 0.6) is 11.6 Å². The first-order valence-electron chi connectivity index (χ1n) is 10.6. The van der Waals surface area contributed by atoms with E-state index in [0.717, 1.165) is 11.1 Å². The minimum atomic E-state index is -0.941. The molecule has 0 unspecified atom stereocenters. The molecule has 0 amide bonds. The van der Waals surface area contributed by atoms with Crippen LogP contribution in [0.15, 0.2) is 66.9 Å². The lowest BCUT2D eigenvalue weighted by Crippen LogP contribution is -2.19. The van der Waals surface area contributed by atoms with Gasteiger partial charge in [0.25, 0.3) is 0 Å². The zero-order valence-corrected chi connectivity index (χ0v) is 17.9. The highest BCUT2D eigenvalue weighted by Crippen LogP contribution is 2.27. The Morgan fingerprint density at radius 1 is 1.00 bits per heavy atom. The van der Waals surface area contributed by atoms with Gasteiger partial charge in [0, 0.05) is 19.0 Å². The predicted octanol–water partition coefficient (Wildman–Crippen LogP) is 4.17. The maximum Gasteiger partial charge on any atom is 0.306 e. The summed E-state index contributed by atoms with van der Waals surface area (Å²) in [5.41, 5.74) is 8.16. The first-order valence-corrected chi connectivity index (χ1v) is 10.6. The van der Waals surface area contributed by atoms with Crippen molar-refractivity contribution in [1.29, 1.82) is 0 Å². The molecule has 4 N–H and O–H groups in total. The molecule has 4 aromatic rings. The van der Waals surface area contributed by atoms with Gasteiger partial charge in [0.15, 0.2) is 0 Å². The number of Topliss-reactive ketones (excluding diaryl/α,β-unsaturated/α-hetero) is 1. The minimum Gasteiger partial charge on any atom is -0.481 e. The molecular weight excluding hydrogens is 420 g/mol. The largest absolute Gasteiger partial charge is 0.481 e. The third-order valence-corrected chi connectivity index (χ3v) is 5.38. The summed E-state index contributed by atoms with van der Waals surface area (Å²) in [6, 6.07) is 18.5. The Morgan fingerprint density at radius 2 is 1.76 bits per heavy atom. The molecule has 0 aliphatic carbocycles. The number of aromatic amines is 1. The molecule has 2 heterocycles. The van der Waals surface area contributed by atoms with Crippen LogP contribution in [0.1, 0.15) is 24.0 Å². The van der Waals surface area contributed by atoms with E-state index in [1.165, 1.54) is 0 Å². The number of benzene rings is 2. The number of aryl methyl sites for hydroxylation is 1. The Balaban J connectivity index is 1.35. The second kappa shape index (κ2) is 9.95. The predicted molar refractivity (Wildman–Crippen MR) is 124 cm³/mol. The molecule has 1 atom stereocenters. The number of carboxylic acids is 1. The molecule has 0 fully saturated rings. The van der Waals surface area contributed by atoms with Crippen molar-refractivity contribution in [2.75, 3.05) is 5.73 Å². The van der Waals surface area contributed by atoms with Crippen molar-refractivity contribution in [2.24, 2.45) is 5.92 Å². The molecule has 168 valence electrons. The van der Waals surface area contributed by atoms with Gasteiger partial charge in [-0.25, -0.2) is 0 Å². The van der Waals surface area contributed by atoms with E-state index in [1.54, 1.807) is 36.5 Å². The number of nitrogens with zero attached hydrogens (tertiary/aromatic N) is 2. The number of nitrogens with one attached hydrogen (secondary N) is 1. The quantitative estimate of drug-likeness (QED) is 0.334. The van der Waals surface area contributed by atoms with E-state index in [9.17, 15) is 14.7 Å². The molecule has 8 heteroatoms. The van der Waals surface area contributed by atoms with E-state index in [4.69, 9.17) is 10.5 Å². The highest BCUT2D eigenvalue weighted by molar-refractivity contribution is 5.85. The first kappa shape index (κ1) is 22.0. The molecule has 8 nitrogen and oxygen atoms in total. The number of carbonyl (C=O) groups excluding carboxylic acids is 1. The van der Waals surface area contributed by atoms with Gasteiger partial charge in [-0.05, 0) is 42.2 Å². The Bertz CT molecular complexity index is 1250. The van der Waals surface area contributed by atoms with Crippen LogP contribution in [0, 0.1) is 5.92 Å². The maximum absolute atomic E-state index is 12.5. The summed E-state index contributed by atoms with van der Waals surface area (Å²) in [5.74, 6) is -0.775. The summed E-state index contributed by atoms with van der Waals surface area (Å²) in [6.07, 6.45) is 2.95. The molecule has 0 saturated heterocycles. The summed E-state index contributed by atoms with van der Waals surface area (Å²) >= 11 is 0. The van der Waals surface area contributed by atoms with Crippen molar-refractivity contribution in [1.82, 2.24) is 15.0 Å². The van der Waals surface area contributed by atoms with Crippen molar-refractivity contribution in [3.8, 4) is 11.6 Å². The van der Waals surface area contributed by atoms with Crippen molar-refractivity contribution >= 4 is 28.7 Å². The zero-order chi connectivity index (χ0) is 23.2. The van der Waals surface area contributed by atoms with Crippen molar-refractivity contribution in [3.05, 3.63) is 78.0 Å². The highest BCUT2D eigenvalue weighted by Gasteiger charge is 2.21. The summed E-state index contributed by atoms with van der Waals surface area (Å²) < 4.78 is 5.85. The van der Waals surface area contributed by atoms with Gasteiger partial charge in [-0.2, -0.15) is 9.97 Å². The molecule has 0 radical (unpaired) electrons. The van der Waals surface area contributed by atoms with Crippen LogP contribution < -0.4 is 10.5 Å². The number of nitrogens with two attached hydrogens (primary N) is 1. The van der Waals surface area contributed by atoms with E-state index in [2.05, 4.69) is 15.0 Å². The number of H-pyrrole nitrogens is 1. The van der Waals surface area contributed by atoms with Gasteiger partial charge in [0.05, 0.1) is 11.3 Å². The fourth-order valence-electron chi connectivity index (χ4n) is 3.67. The summed E-state index contributed by atoms with van der Waals surface area (Å²) in [7, 11) is 0. The van der Waals surface area contributed by atoms with E-state index >= 15 is 0 Å². The number of ketones is 1. The van der Waals surface area contributed by atoms with Gasteiger partial charge >= 0.3 is 5.97 Å². The van der Waals surface area contributed by atoms with Gasteiger partial charge in [-0.3, -0.25) is 9.59 Å². The number of anilines is 1. The van der Waals surface area contributed by atoms with Gasteiger partial charge in [0.1, 0.15) is 17.2 Å². The van der Waals surface area contributed by atoms with E-state index < -0.39 is 11.9 Å². The second-order valence-corrected chi connectivity index (χ2v) is 7.85. The normalized spacial score (nSPS) is 11.9. The summed E-state index contributed by atoms with van der Waals surface area (Å²) in [5, 5.41) is 10.2. The number of hydrogen-bond acceptors (Lipinski definition) is 6. The van der Waals surface area contributed by atoms with Crippen molar-refractivity contribution in [2.45, 2.75) is 25.7 Å². The molecule has 0 saturated carbocycles. The lowest BCUT2D eigenvalue weighted by atomic mass is 9.92. The van der Waals surface area contributed by atoms with Crippen LogP contribution in [-0.4, -0.2) is 31.8 Å². The van der Waals surface area contributed by atoms with Gasteiger partial charge in [0.2, 0.25) is 11.8 Å². The van der Waals surface area contributed by atoms with Gasteiger partial charge in [-0.1, -0.05) is 42.5 Å². The second-order valence-electron chi connectivity index (χ2n) is 7.85. The molecule has 33 heavy (non-hydrogen) atoms. The number of carboxylic acid groups (broad SMARTS) is 1. The van der Waals surface area contributed by atoms with Crippen LogP contribution in [0.3, 0.4) is 0 Å². The highest BCUT2D eigenvalue weighted by atomic mass is 16.5. The number of rotatable bonds is 10. The topological polar surface area (TPSA) is 131 Å². The SMILES string of the molecule is Nc1nc(Oc2ccc(CC(=O)C[C@@H](CCc3ccccc3)C(=O)O)cc2)c2cc[nH]c2n1. The lowest BCUT2D eigenvalue weighted by molar-refractivity contribution is -0.143. The molecule has 0 aliphatic rings. The standard InChI is InChI=1S/C25H24N4O4/c26-25-28-22-21(12-13-27-22)23(29-25)33-20-10-7-17(8-11-20)14-19(30)15-18(24(31)32)9-6-16-4-2-1-3-5-16/h1-5,7-8,10-13,18H,6,9,14-15H2,(H,31,32)(H3,26,27,28,29)/t18-/m1/s1. The monoisotopic (exact) mass is 444 g/mol. The van der Waals surface area contributed by atoms with Gasteiger partial charge < -0.3 is 20.6 Å². The number of hydrogen-bond donors (Lipinski definition) is 3. The fraction of sp³-hybridized carbons (Fsp3) is 0.200. The Labute approximate surface area is 190 Å². The average Bonchev–Trinajstić information content (AvgIpc) is 3.27. The molecule has 0 spiro atoms. The summed E-state index contributed by atoms with van der Waals surface area (Å²) in [6.45, 7) is 0. The number of ether oxygens (including phenoxy) is 1. The fourth-order valence-corrected chi connectivity index (χ4v) is 3.67. The van der Waals surface area contributed by atoms with Crippen LogP contribution in [0.4, 0.5) is 5.95 Å². The van der Waals surface area contributed by atoms with E-state index in [1.807, 2.05) is 30.3 Å². The third kappa shape index (κ3) is 5.74. The van der Waals surface area contributed by atoms with Crippen LogP contribution in [0.25, 0.3) is 11.0 Å². The lowest BCUT2D eigenvalue weighted by Gasteiger charge is -2.12. The van der Waals surface area contributed by atoms with Gasteiger partial charge in [-0.15, -0.1) is 0 Å². The zero-order valence-electron chi connectivity index (χ0n) is 17.9. The van der Waals surface area contributed by atoms with E-state index in [0.29, 0.717) is 35.5 Å². The number of carbonyl (C=O) groups is 2. The number of aliphatic carboxylic acids is 1. The Morgan fingerprint density at radius 3 is 2.48 bits per heavy atom. The summed E-state index contributed by atoms with van der Waals surface area (Å²) in [4.78, 5) is 35.4. The Kier molecular flexibility index (Phi) is 6.64. The van der Waals surface area contributed by atoms with Crippen LogP contribution in [-0.2, 0) is 22.4 Å². The smallest absolute Gasteiger partial charge is 0.306 e.